The molecule has 4 amide bonds. The molecule has 5 unspecified atom stereocenters. The number of hydrogen-bond acceptors (Lipinski definition) is 6. The summed E-state index contributed by atoms with van der Waals surface area (Å²) in [5.41, 5.74) is 1.15. The summed E-state index contributed by atoms with van der Waals surface area (Å²) in [5, 5.41) is 5.48. The fraction of sp³-hybridized carbons (Fsp3) is 0.667. The molecule has 0 aromatic heterocycles. The van der Waals surface area contributed by atoms with Gasteiger partial charge < -0.3 is 29.9 Å². The molecular formula is C30H48N4O6. The Morgan fingerprint density at radius 2 is 1.82 bits per heavy atom. The SMILES string of the molecule is CCC(C)C(C(CC(=O)N1CCCC1C(CC(=O)N[C@H](C)Cc1ccccc1)OC)OC)N(C)C(=O)CNC=O. The van der Waals surface area contributed by atoms with Crippen molar-refractivity contribution in [2.24, 2.45) is 5.92 Å². The first kappa shape index (κ1) is 33.2. The van der Waals surface area contributed by atoms with Crippen molar-refractivity contribution in [3.8, 4) is 0 Å². The smallest absolute Gasteiger partial charge is 0.242 e. The van der Waals surface area contributed by atoms with E-state index in [0.29, 0.717) is 13.0 Å². The van der Waals surface area contributed by atoms with Gasteiger partial charge in [-0.1, -0.05) is 50.6 Å². The minimum absolute atomic E-state index is 0.0323. The van der Waals surface area contributed by atoms with E-state index < -0.39 is 12.2 Å². The highest BCUT2D eigenvalue weighted by Gasteiger charge is 2.39. The van der Waals surface area contributed by atoms with Crippen LogP contribution in [0.1, 0.15) is 58.4 Å². The maximum absolute atomic E-state index is 13.6. The van der Waals surface area contributed by atoms with Crippen molar-refractivity contribution < 1.29 is 28.7 Å². The third-order valence-corrected chi connectivity index (χ3v) is 7.99. The molecule has 0 saturated carbocycles. The van der Waals surface area contributed by atoms with Crippen LogP contribution in [-0.4, -0.2) is 98.6 Å². The Bertz CT molecular complexity index is 945. The lowest BCUT2D eigenvalue weighted by atomic mass is 9.90. The van der Waals surface area contributed by atoms with Gasteiger partial charge in [-0.05, 0) is 37.7 Å². The second-order valence-electron chi connectivity index (χ2n) is 10.8. The normalized spacial score (nSPS) is 18.8. The highest BCUT2D eigenvalue weighted by Crippen LogP contribution is 2.27. The number of likely N-dealkylation sites (tertiary alicyclic amines) is 1. The van der Waals surface area contributed by atoms with Gasteiger partial charge in [0.1, 0.15) is 0 Å². The van der Waals surface area contributed by atoms with Crippen LogP contribution in [0.25, 0.3) is 0 Å². The second-order valence-corrected chi connectivity index (χ2v) is 10.8. The Morgan fingerprint density at radius 1 is 1.12 bits per heavy atom. The Hall–Kier alpha value is -2.98. The summed E-state index contributed by atoms with van der Waals surface area (Å²) in [7, 11) is 4.81. The maximum atomic E-state index is 13.6. The van der Waals surface area contributed by atoms with E-state index in [1.54, 1.807) is 26.2 Å². The second kappa shape index (κ2) is 17.0. The van der Waals surface area contributed by atoms with Crippen LogP contribution < -0.4 is 10.6 Å². The van der Waals surface area contributed by atoms with E-state index in [1.807, 2.05) is 56.0 Å². The zero-order chi connectivity index (χ0) is 29.7. The summed E-state index contributed by atoms with van der Waals surface area (Å²) < 4.78 is 11.5. The highest BCUT2D eigenvalue weighted by molar-refractivity contribution is 5.81. The molecular weight excluding hydrogens is 512 g/mol. The van der Waals surface area contributed by atoms with E-state index in [9.17, 15) is 19.2 Å². The van der Waals surface area contributed by atoms with Crippen molar-refractivity contribution in [3.05, 3.63) is 35.9 Å². The van der Waals surface area contributed by atoms with Crippen molar-refractivity contribution in [3.63, 3.8) is 0 Å². The van der Waals surface area contributed by atoms with Gasteiger partial charge in [0, 0.05) is 33.9 Å². The summed E-state index contributed by atoms with van der Waals surface area (Å²) in [6.07, 6.45) is 2.88. The molecule has 0 bridgehead atoms. The third-order valence-electron chi connectivity index (χ3n) is 7.99. The Labute approximate surface area is 239 Å². The van der Waals surface area contributed by atoms with Crippen LogP contribution in [0.5, 0.6) is 0 Å². The minimum atomic E-state index is -0.531. The molecule has 40 heavy (non-hydrogen) atoms. The molecule has 0 spiro atoms. The topological polar surface area (TPSA) is 117 Å². The molecule has 10 heteroatoms. The lowest BCUT2D eigenvalue weighted by molar-refractivity contribution is -0.144. The molecule has 1 aromatic carbocycles. The zero-order valence-electron chi connectivity index (χ0n) is 24.9. The largest absolute Gasteiger partial charge is 0.379 e. The first-order chi connectivity index (χ1) is 19.2. The number of carbonyl (C=O) groups excluding carboxylic acids is 4. The van der Waals surface area contributed by atoms with E-state index in [1.165, 1.54) is 0 Å². The molecule has 1 aliphatic heterocycles. The molecule has 0 radical (unpaired) electrons. The molecule has 10 nitrogen and oxygen atoms in total. The number of hydrogen-bond donors (Lipinski definition) is 2. The molecule has 1 aliphatic rings. The quantitative estimate of drug-likeness (QED) is 0.282. The summed E-state index contributed by atoms with van der Waals surface area (Å²) in [4.78, 5) is 53.3. The van der Waals surface area contributed by atoms with Crippen LogP contribution >= 0.6 is 0 Å². The molecule has 0 aliphatic carbocycles. The monoisotopic (exact) mass is 560 g/mol. The van der Waals surface area contributed by atoms with Crippen LogP contribution in [0.15, 0.2) is 30.3 Å². The van der Waals surface area contributed by atoms with Crippen molar-refractivity contribution in [1.29, 1.82) is 0 Å². The minimum Gasteiger partial charge on any atom is -0.379 e. The number of likely N-dealkylation sites (N-methyl/N-ethyl adjacent to an activating group) is 1. The van der Waals surface area contributed by atoms with Crippen LogP contribution in [0.4, 0.5) is 0 Å². The number of benzene rings is 1. The standard InChI is InChI=1S/C30H48N4O6/c1-7-21(2)30(33(4)29(38)19-31-20-35)26(40-6)18-28(37)34-15-11-14-24(34)25(39-5)17-27(36)32-22(3)16-23-12-9-8-10-13-23/h8-10,12-13,20-22,24-26,30H,7,11,14-19H2,1-6H3,(H,31,35)(H,32,36)/t21?,22-,24?,25?,26?,30?/m1/s1. The number of nitrogens with one attached hydrogen (secondary N) is 2. The van der Waals surface area contributed by atoms with Gasteiger partial charge in [-0.2, -0.15) is 0 Å². The van der Waals surface area contributed by atoms with Crippen LogP contribution in [0, 0.1) is 5.92 Å². The third kappa shape index (κ3) is 9.59. The first-order valence-corrected chi connectivity index (χ1v) is 14.3. The zero-order valence-corrected chi connectivity index (χ0v) is 24.9. The number of nitrogens with zero attached hydrogens (tertiary/aromatic N) is 2. The van der Waals surface area contributed by atoms with Crippen LogP contribution in [-0.2, 0) is 35.1 Å². The lowest BCUT2D eigenvalue weighted by Gasteiger charge is -2.39. The molecule has 1 saturated heterocycles. The molecule has 2 rings (SSSR count). The fourth-order valence-electron chi connectivity index (χ4n) is 5.69. The number of carbonyl (C=O) groups is 4. The molecule has 1 heterocycles. The van der Waals surface area contributed by atoms with Gasteiger partial charge in [0.25, 0.3) is 0 Å². The lowest BCUT2D eigenvalue weighted by Crippen LogP contribution is -2.53. The van der Waals surface area contributed by atoms with Crippen LogP contribution in [0.3, 0.4) is 0 Å². The number of ether oxygens (including phenoxy) is 2. The average molecular weight is 561 g/mol. The van der Waals surface area contributed by atoms with E-state index >= 15 is 0 Å². The molecule has 224 valence electrons. The Kier molecular flexibility index (Phi) is 14.1. The van der Waals surface area contributed by atoms with Crippen molar-refractivity contribution in [2.75, 3.05) is 34.4 Å². The summed E-state index contributed by atoms with van der Waals surface area (Å²) in [5.74, 6) is -0.386. The summed E-state index contributed by atoms with van der Waals surface area (Å²) in [6, 6.07) is 9.41. The van der Waals surface area contributed by atoms with E-state index in [4.69, 9.17) is 9.47 Å². The molecule has 2 N–H and O–H groups in total. The highest BCUT2D eigenvalue weighted by atomic mass is 16.5. The Balaban J connectivity index is 2.06. The van der Waals surface area contributed by atoms with Crippen LogP contribution in [0.2, 0.25) is 0 Å². The Morgan fingerprint density at radius 3 is 2.42 bits per heavy atom. The molecule has 6 atom stereocenters. The van der Waals surface area contributed by atoms with E-state index in [-0.39, 0.29) is 61.2 Å². The van der Waals surface area contributed by atoms with E-state index in [0.717, 1.165) is 31.2 Å². The van der Waals surface area contributed by atoms with Crippen molar-refractivity contribution in [1.82, 2.24) is 20.4 Å². The van der Waals surface area contributed by atoms with Gasteiger partial charge in [-0.15, -0.1) is 0 Å². The maximum Gasteiger partial charge on any atom is 0.242 e. The average Bonchev–Trinajstić information content (AvgIpc) is 3.44. The first-order valence-electron chi connectivity index (χ1n) is 14.3. The van der Waals surface area contributed by atoms with Gasteiger partial charge in [0.15, 0.2) is 0 Å². The number of rotatable bonds is 17. The van der Waals surface area contributed by atoms with Crippen molar-refractivity contribution in [2.45, 2.75) is 89.6 Å². The fourth-order valence-corrected chi connectivity index (χ4v) is 5.69. The van der Waals surface area contributed by atoms with Gasteiger partial charge >= 0.3 is 0 Å². The number of amides is 4. The number of methoxy groups -OCH3 is 2. The van der Waals surface area contributed by atoms with Gasteiger partial charge in [0.2, 0.25) is 24.1 Å². The van der Waals surface area contributed by atoms with E-state index in [2.05, 4.69) is 10.6 Å². The molecule has 1 aromatic rings. The molecule has 1 fully saturated rings. The van der Waals surface area contributed by atoms with Gasteiger partial charge in [-0.25, -0.2) is 0 Å². The predicted octanol–water partition coefficient (Wildman–Crippen LogP) is 2.15. The predicted molar refractivity (Wildman–Crippen MR) is 153 cm³/mol. The summed E-state index contributed by atoms with van der Waals surface area (Å²) >= 11 is 0. The van der Waals surface area contributed by atoms with Crippen molar-refractivity contribution >= 4 is 24.1 Å². The summed E-state index contributed by atoms with van der Waals surface area (Å²) in [6.45, 7) is 6.49. The van der Waals surface area contributed by atoms with Gasteiger partial charge in [0.05, 0.1) is 43.7 Å². The van der Waals surface area contributed by atoms with Gasteiger partial charge in [-0.3, -0.25) is 19.2 Å².